The van der Waals surface area contributed by atoms with Crippen molar-refractivity contribution in [2.75, 3.05) is 6.54 Å². The number of carbonyl (C=O) groups is 1. The first-order chi connectivity index (χ1) is 14.2. The second-order valence-corrected chi connectivity index (χ2v) is 7.13. The summed E-state index contributed by atoms with van der Waals surface area (Å²) in [6, 6.07) is 15.8. The molecule has 5 rings (SSSR count). The van der Waals surface area contributed by atoms with Crippen LogP contribution in [0.5, 0.6) is 0 Å². The van der Waals surface area contributed by atoms with Crippen molar-refractivity contribution in [1.82, 2.24) is 20.0 Å². The molecule has 2 aromatic heterocycles. The number of aromatic amines is 1. The summed E-state index contributed by atoms with van der Waals surface area (Å²) in [5.41, 5.74) is 5.12. The zero-order chi connectivity index (χ0) is 20.0. The number of carbonyl (C=O) groups excluding carboxylic acids is 1. The van der Waals surface area contributed by atoms with Gasteiger partial charge in [-0.15, -0.1) is 6.42 Å². The molecule has 142 valence electrons. The average molecular weight is 382 g/mol. The lowest BCUT2D eigenvalue weighted by molar-refractivity contribution is -0.127. The number of nitrogens with zero attached hydrogens (tertiary/aromatic N) is 3. The second kappa shape index (κ2) is 6.64. The summed E-state index contributed by atoms with van der Waals surface area (Å²) >= 11 is 0. The zero-order valence-electron chi connectivity index (χ0n) is 15.8. The number of hydrogen-bond donors (Lipinski definition) is 1. The Balaban J connectivity index is 1.62. The van der Waals surface area contributed by atoms with Crippen LogP contribution < -0.4 is 0 Å². The van der Waals surface area contributed by atoms with Gasteiger partial charge in [-0.1, -0.05) is 35.5 Å². The fourth-order valence-electron chi connectivity index (χ4n) is 4.11. The lowest BCUT2D eigenvalue weighted by atomic mass is 9.92. The molecule has 0 saturated carbocycles. The normalized spacial score (nSPS) is 15.9. The SMILES string of the molecule is C#CC(=O)N1CCc2c([nH]c3ccccc23)[C@@H]1c1ccc(-c2nc(C)no2)cc1. The van der Waals surface area contributed by atoms with Gasteiger partial charge in [0.05, 0.1) is 6.04 Å². The van der Waals surface area contributed by atoms with E-state index >= 15 is 0 Å². The number of hydrogen-bond acceptors (Lipinski definition) is 4. The fourth-order valence-corrected chi connectivity index (χ4v) is 4.11. The van der Waals surface area contributed by atoms with E-state index in [-0.39, 0.29) is 11.9 Å². The predicted octanol–water partition coefficient (Wildman–Crippen LogP) is 3.63. The molecule has 1 aliphatic rings. The van der Waals surface area contributed by atoms with Gasteiger partial charge in [0.25, 0.3) is 11.8 Å². The Morgan fingerprint density at radius 1 is 1.24 bits per heavy atom. The third kappa shape index (κ3) is 2.79. The van der Waals surface area contributed by atoms with Crippen molar-refractivity contribution in [3.05, 3.63) is 71.2 Å². The van der Waals surface area contributed by atoms with E-state index in [1.807, 2.05) is 36.4 Å². The first-order valence-electron chi connectivity index (χ1n) is 9.43. The van der Waals surface area contributed by atoms with Crippen molar-refractivity contribution < 1.29 is 9.32 Å². The molecular weight excluding hydrogens is 364 g/mol. The minimum atomic E-state index is -0.309. The molecule has 1 amide bonds. The number of aryl methyl sites for hydroxylation is 1. The first-order valence-corrected chi connectivity index (χ1v) is 9.43. The summed E-state index contributed by atoms with van der Waals surface area (Å²) in [7, 11) is 0. The summed E-state index contributed by atoms with van der Waals surface area (Å²) in [5, 5.41) is 5.03. The van der Waals surface area contributed by atoms with Gasteiger partial charge in [0.15, 0.2) is 5.82 Å². The highest BCUT2D eigenvalue weighted by atomic mass is 16.5. The summed E-state index contributed by atoms with van der Waals surface area (Å²) in [5.74, 6) is 3.03. The minimum Gasteiger partial charge on any atom is -0.356 e. The number of amides is 1. The van der Waals surface area contributed by atoms with Crippen molar-refractivity contribution in [3.63, 3.8) is 0 Å². The van der Waals surface area contributed by atoms with Gasteiger partial charge in [-0.25, -0.2) is 0 Å². The average Bonchev–Trinajstić information content (AvgIpc) is 3.36. The van der Waals surface area contributed by atoms with Crippen LogP contribution in [0.3, 0.4) is 0 Å². The van der Waals surface area contributed by atoms with Crippen molar-refractivity contribution in [2.45, 2.75) is 19.4 Å². The molecule has 0 bridgehead atoms. The van der Waals surface area contributed by atoms with E-state index in [0.717, 1.165) is 28.8 Å². The Bertz CT molecular complexity index is 1260. The van der Waals surface area contributed by atoms with Gasteiger partial charge in [-0.2, -0.15) is 4.98 Å². The fraction of sp³-hybridized carbons (Fsp3) is 0.174. The van der Waals surface area contributed by atoms with E-state index in [2.05, 4.69) is 33.2 Å². The van der Waals surface area contributed by atoms with Crippen LogP contribution in [0.1, 0.15) is 28.7 Å². The van der Waals surface area contributed by atoms with E-state index in [1.54, 1.807) is 11.8 Å². The van der Waals surface area contributed by atoms with Gasteiger partial charge in [-0.3, -0.25) is 4.79 Å². The molecular formula is C23H18N4O2. The number of nitrogens with one attached hydrogen (secondary N) is 1. The molecule has 4 aromatic rings. The topological polar surface area (TPSA) is 75.0 Å². The summed E-state index contributed by atoms with van der Waals surface area (Å²) < 4.78 is 5.25. The van der Waals surface area contributed by atoms with Crippen molar-refractivity contribution in [1.29, 1.82) is 0 Å². The molecule has 6 nitrogen and oxygen atoms in total. The van der Waals surface area contributed by atoms with Crippen LogP contribution in [0, 0.1) is 19.3 Å². The Labute approximate surface area is 167 Å². The van der Waals surface area contributed by atoms with E-state index in [1.165, 1.54) is 10.9 Å². The summed E-state index contributed by atoms with van der Waals surface area (Å²) in [6.07, 6.45) is 6.23. The van der Waals surface area contributed by atoms with Gasteiger partial charge in [0.1, 0.15) is 0 Å². The van der Waals surface area contributed by atoms with Gasteiger partial charge in [-0.05, 0) is 48.6 Å². The highest BCUT2D eigenvalue weighted by Crippen LogP contribution is 2.38. The van der Waals surface area contributed by atoms with E-state index < -0.39 is 0 Å². The maximum Gasteiger partial charge on any atom is 0.299 e. The van der Waals surface area contributed by atoms with Crippen LogP contribution in [0.2, 0.25) is 0 Å². The molecule has 0 radical (unpaired) electrons. The van der Waals surface area contributed by atoms with Gasteiger partial charge in [0, 0.05) is 28.7 Å². The second-order valence-electron chi connectivity index (χ2n) is 7.13. The van der Waals surface area contributed by atoms with E-state index in [4.69, 9.17) is 10.9 Å². The van der Waals surface area contributed by atoms with Crippen LogP contribution in [0.4, 0.5) is 0 Å². The number of aromatic nitrogens is 3. The lowest BCUT2D eigenvalue weighted by Gasteiger charge is -2.35. The molecule has 0 unspecified atom stereocenters. The molecule has 2 aromatic carbocycles. The first kappa shape index (κ1) is 17.3. The van der Waals surface area contributed by atoms with Gasteiger partial charge < -0.3 is 14.4 Å². The quantitative estimate of drug-likeness (QED) is 0.537. The van der Waals surface area contributed by atoms with Crippen LogP contribution >= 0.6 is 0 Å². The maximum atomic E-state index is 12.5. The van der Waals surface area contributed by atoms with E-state index in [9.17, 15) is 4.79 Å². The molecule has 1 atom stereocenters. The van der Waals surface area contributed by atoms with Crippen molar-refractivity contribution in [2.24, 2.45) is 0 Å². The molecule has 6 heteroatoms. The lowest BCUT2D eigenvalue weighted by Crippen LogP contribution is -2.39. The molecule has 0 aliphatic carbocycles. The zero-order valence-corrected chi connectivity index (χ0v) is 15.8. The number of benzene rings is 2. The number of fused-ring (bicyclic) bond motifs is 3. The van der Waals surface area contributed by atoms with Crippen LogP contribution in [0.25, 0.3) is 22.4 Å². The predicted molar refractivity (Wildman–Crippen MR) is 109 cm³/mol. The molecule has 29 heavy (non-hydrogen) atoms. The highest BCUT2D eigenvalue weighted by Gasteiger charge is 2.34. The number of H-pyrrole nitrogens is 1. The Hall–Kier alpha value is -3.85. The molecule has 0 fully saturated rings. The summed E-state index contributed by atoms with van der Waals surface area (Å²) in [4.78, 5) is 22.1. The van der Waals surface area contributed by atoms with E-state index in [0.29, 0.717) is 18.3 Å². The largest absolute Gasteiger partial charge is 0.356 e. The third-order valence-corrected chi connectivity index (χ3v) is 5.42. The maximum absolute atomic E-state index is 12.5. The van der Waals surface area contributed by atoms with Crippen molar-refractivity contribution >= 4 is 16.8 Å². The Morgan fingerprint density at radius 2 is 2.03 bits per heavy atom. The number of rotatable bonds is 2. The number of para-hydroxylation sites is 1. The van der Waals surface area contributed by atoms with Gasteiger partial charge >= 0.3 is 0 Å². The van der Waals surface area contributed by atoms with Crippen LogP contribution in [-0.2, 0) is 11.2 Å². The molecule has 0 saturated heterocycles. The van der Waals surface area contributed by atoms with Crippen LogP contribution in [0.15, 0.2) is 53.1 Å². The highest BCUT2D eigenvalue weighted by molar-refractivity contribution is 5.94. The van der Waals surface area contributed by atoms with Crippen molar-refractivity contribution in [3.8, 4) is 23.8 Å². The third-order valence-electron chi connectivity index (χ3n) is 5.42. The van der Waals surface area contributed by atoms with Gasteiger partial charge in [0.2, 0.25) is 0 Å². The number of terminal acetylenes is 1. The van der Waals surface area contributed by atoms with Crippen LogP contribution in [-0.4, -0.2) is 32.5 Å². The minimum absolute atomic E-state index is 0.270. The smallest absolute Gasteiger partial charge is 0.299 e. The molecule has 1 aliphatic heterocycles. The Morgan fingerprint density at radius 3 is 2.76 bits per heavy atom. The molecule has 3 heterocycles. The molecule has 0 spiro atoms. The monoisotopic (exact) mass is 382 g/mol. The summed E-state index contributed by atoms with van der Waals surface area (Å²) in [6.45, 7) is 2.36. The molecule has 1 N–H and O–H groups in total. The Kier molecular flexibility index (Phi) is 3.95. The standard InChI is InChI=1S/C23H18N4O2/c1-3-20(28)27-13-12-18-17-6-4-5-7-19(17)25-21(18)22(27)15-8-10-16(11-9-15)23-24-14(2)26-29-23/h1,4-11,22,25H,12-13H2,2H3/t22-/m0/s1.